The van der Waals surface area contributed by atoms with E-state index in [1.807, 2.05) is 0 Å². The van der Waals surface area contributed by atoms with Gasteiger partial charge in [0, 0.05) is 33.9 Å². The van der Waals surface area contributed by atoms with Crippen LogP contribution in [0.15, 0.2) is 48.5 Å². The number of benzene rings is 2. The molecule has 166 valence electrons. The van der Waals surface area contributed by atoms with E-state index < -0.39 is 6.10 Å². The number of hydrogen-bond acceptors (Lipinski definition) is 2. The van der Waals surface area contributed by atoms with Crippen molar-refractivity contribution in [1.29, 1.82) is 0 Å². The minimum Gasteiger partial charge on any atom is -0.390 e. The fourth-order valence-corrected chi connectivity index (χ4v) is 8.45. The molecule has 1 aromatic heterocycles. The van der Waals surface area contributed by atoms with Crippen LogP contribution in [0.3, 0.4) is 0 Å². The molecule has 4 aliphatic rings. The fraction of sp³-hybridized carbons (Fsp3) is 0.556. The Hall–Kier alpha value is -1.55. The summed E-state index contributed by atoms with van der Waals surface area (Å²) in [5, 5.41) is 17.6. The van der Waals surface area contributed by atoms with E-state index in [-0.39, 0.29) is 17.9 Å². The summed E-state index contributed by atoms with van der Waals surface area (Å²) in [5.41, 5.74) is 3.67. The van der Waals surface area contributed by atoms with Gasteiger partial charge in [0.25, 0.3) is 0 Å². The van der Waals surface area contributed by atoms with Crippen LogP contribution in [0.1, 0.15) is 52.4 Å². The lowest BCUT2D eigenvalue weighted by Gasteiger charge is -2.65. The lowest BCUT2D eigenvalue weighted by molar-refractivity contribution is -0.119. The molecular weight excluding hydrogens is 404 g/mol. The molecule has 0 amide bonds. The van der Waals surface area contributed by atoms with Crippen LogP contribution in [-0.2, 0) is 6.54 Å². The summed E-state index contributed by atoms with van der Waals surface area (Å²) in [6.07, 6.45) is 7.70. The highest BCUT2D eigenvalue weighted by Crippen LogP contribution is 2.66. The number of para-hydroxylation sites is 2. The maximum absolute atomic E-state index is 11.1. The van der Waals surface area contributed by atoms with Crippen LogP contribution < -0.4 is 5.32 Å². The van der Waals surface area contributed by atoms with Crippen LogP contribution in [0.5, 0.6) is 0 Å². The molecule has 4 fully saturated rings. The van der Waals surface area contributed by atoms with Gasteiger partial charge in [0.15, 0.2) is 0 Å². The van der Waals surface area contributed by atoms with Crippen molar-refractivity contribution in [3.8, 4) is 0 Å². The minimum absolute atomic E-state index is 0. The molecule has 1 heterocycles. The third-order valence-electron chi connectivity index (χ3n) is 8.41. The molecule has 4 saturated carbocycles. The van der Waals surface area contributed by atoms with E-state index >= 15 is 0 Å². The largest absolute Gasteiger partial charge is 0.390 e. The van der Waals surface area contributed by atoms with Crippen molar-refractivity contribution in [2.45, 2.75) is 70.6 Å². The van der Waals surface area contributed by atoms with Gasteiger partial charge in [-0.25, -0.2) is 0 Å². The summed E-state index contributed by atoms with van der Waals surface area (Å²) in [7, 11) is 0. The highest BCUT2D eigenvalue weighted by Gasteiger charge is 2.59. The maximum atomic E-state index is 11.1. The molecule has 4 bridgehead atoms. The summed E-state index contributed by atoms with van der Waals surface area (Å²) in [6.45, 7) is 6.34. The summed E-state index contributed by atoms with van der Waals surface area (Å²) in [5.74, 6) is 0.873. The van der Waals surface area contributed by atoms with Gasteiger partial charge >= 0.3 is 0 Å². The zero-order valence-electron chi connectivity index (χ0n) is 18.7. The first-order valence-electron chi connectivity index (χ1n) is 11.8. The van der Waals surface area contributed by atoms with E-state index in [1.165, 1.54) is 60.3 Å². The van der Waals surface area contributed by atoms with E-state index in [4.69, 9.17) is 0 Å². The maximum Gasteiger partial charge on any atom is 0.0843 e. The second kappa shape index (κ2) is 7.23. The Morgan fingerprint density at radius 3 is 2.00 bits per heavy atom. The van der Waals surface area contributed by atoms with Gasteiger partial charge in [0.1, 0.15) is 0 Å². The van der Waals surface area contributed by atoms with Gasteiger partial charge in [-0.05, 0) is 67.4 Å². The molecule has 3 aromatic rings. The Labute approximate surface area is 191 Å². The summed E-state index contributed by atoms with van der Waals surface area (Å²) in [4.78, 5) is 0. The van der Waals surface area contributed by atoms with Gasteiger partial charge in [0.05, 0.1) is 12.6 Å². The molecule has 7 rings (SSSR count). The van der Waals surface area contributed by atoms with E-state index in [0.717, 1.165) is 5.92 Å². The zero-order valence-corrected chi connectivity index (χ0v) is 19.5. The van der Waals surface area contributed by atoms with Crippen molar-refractivity contribution >= 4 is 34.2 Å². The van der Waals surface area contributed by atoms with Crippen LogP contribution >= 0.6 is 12.4 Å². The lowest BCUT2D eigenvalue weighted by Crippen LogP contribution is -2.65. The monoisotopic (exact) mass is 438 g/mol. The molecule has 31 heavy (non-hydrogen) atoms. The Balaban J connectivity index is 0.00000204. The predicted octanol–water partition coefficient (Wildman–Crippen LogP) is 5.92. The number of aliphatic hydroxyl groups excluding tert-OH is 1. The summed E-state index contributed by atoms with van der Waals surface area (Å²) < 4.78 is 2.30. The highest BCUT2D eigenvalue weighted by molar-refractivity contribution is 6.07. The number of nitrogens with one attached hydrogen (secondary N) is 1. The van der Waals surface area contributed by atoms with Crippen molar-refractivity contribution in [2.75, 3.05) is 6.54 Å². The molecule has 0 aliphatic heterocycles. The van der Waals surface area contributed by atoms with Crippen LogP contribution in [0, 0.1) is 16.7 Å². The van der Waals surface area contributed by atoms with Crippen LogP contribution in [0.4, 0.5) is 0 Å². The number of β-amino-alcohol motifs (C(OH)–C–C–N with tert-alkyl or cyclic N) is 1. The predicted molar refractivity (Wildman–Crippen MR) is 131 cm³/mol. The molecule has 2 N–H and O–H groups in total. The molecule has 3 unspecified atom stereocenters. The lowest BCUT2D eigenvalue weighted by atomic mass is 9.43. The first-order valence-corrected chi connectivity index (χ1v) is 11.8. The Kier molecular flexibility index (Phi) is 4.97. The highest BCUT2D eigenvalue weighted by atomic mass is 35.5. The van der Waals surface area contributed by atoms with Gasteiger partial charge in [0.2, 0.25) is 0 Å². The van der Waals surface area contributed by atoms with Crippen LogP contribution in [0.25, 0.3) is 21.8 Å². The van der Waals surface area contributed by atoms with Gasteiger partial charge in [-0.1, -0.05) is 50.2 Å². The van der Waals surface area contributed by atoms with E-state index in [0.29, 0.717) is 23.9 Å². The average Bonchev–Trinajstić information content (AvgIpc) is 2.98. The van der Waals surface area contributed by atoms with Gasteiger partial charge in [-0.3, -0.25) is 0 Å². The molecule has 4 aliphatic carbocycles. The molecule has 3 atom stereocenters. The topological polar surface area (TPSA) is 37.2 Å². The number of rotatable bonds is 5. The first-order chi connectivity index (χ1) is 14.4. The third-order valence-corrected chi connectivity index (χ3v) is 8.41. The fourth-order valence-electron chi connectivity index (χ4n) is 8.45. The van der Waals surface area contributed by atoms with Gasteiger partial charge in [-0.2, -0.15) is 0 Å². The Morgan fingerprint density at radius 1 is 0.903 bits per heavy atom. The number of aliphatic hydroxyl groups is 1. The average molecular weight is 439 g/mol. The first kappa shape index (κ1) is 21.3. The van der Waals surface area contributed by atoms with Crippen molar-refractivity contribution in [3.05, 3.63) is 48.5 Å². The standard InChI is InChI=1S/C27H34N2O.ClH/c1-25-11-19-12-26(2,16-25)18-27(13-19,17-25)28-14-20(30)15-29-23-9-5-3-7-21(23)22-8-4-6-10-24(22)29;/h3-10,19-20,28,30H,11-18H2,1-2H3;1H. The normalized spacial score (nSPS) is 34.9. The SMILES string of the molecule is CC12CC3CC(C)(C1)CC(NCC(O)Cn1c4ccccc4c4ccccc41)(C3)C2.Cl. The summed E-state index contributed by atoms with van der Waals surface area (Å²) >= 11 is 0. The van der Waals surface area contributed by atoms with Crippen LogP contribution in [0.2, 0.25) is 0 Å². The van der Waals surface area contributed by atoms with Crippen molar-refractivity contribution in [2.24, 2.45) is 16.7 Å². The number of aromatic nitrogens is 1. The van der Waals surface area contributed by atoms with Crippen molar-refractivity contribution in [1.82, 2.24) is 9.88 Å². The Morgan fingerprint density at radius 2 is 1.45 bits per heavy atom. The minimum atomic E-state index is -0.391. The smallest absolute Gasteiger partial charge is 0.0843 e. The molecule has 0 saturated heterocycles. The molecular formula is C27H35ClN2O. The Bertz CT molecular complexity index is 1050. The molecule has 4 heteroatoms. The number of hydrogen-bond donors (Lipinski definition) is 2. The van der Waals surface area contributed by atoms with Crippen LogP contribution in [-0.4, -0.2) is 27.9 Å². The molecule has 0 radical (unpaired) electrons. The van der Waals surface area contributed by atoms with Gasteiger partial charge < -0.3 is 15.0 Å². The third kappa shape index (κ3) is 3.50. The number of halogens is 1. The molecule has 0 spiro atoms. The number of fused-ring (bicyclic) bond motifs is 3. The second-order valence-corrected chi connectivity index (χ2v) is 11.6. The number of nitrogens with zero attached hydrogens (tertiary/aromatic N) is 1. The molecule has 3 nitrogen and oxygen atoms in total. The molecule has 2 aromatic carbocycles. The van der Waals surface area contributed by atoms with Crippen molar-refractivity contribution in [3.63, 3.8) is 0 Å². The quantitative estimate of drug-likeness (QED) is 0.519. The second-order valence-electron chi connectivity index (χ2n) is 11.6. The van der Waals surface area contributed by atoms with Crippen molar-refractivity contribution < 1.29 is 5.11 Å². The van der Waals surface area contributed by atoms with E-state index in [2.05, 4.69) is 72.3 Å². The van der Waals surface area contributed by atoms with E-state index in [9.17, 15) is 5.11 Å². The zero-order chi connectivity index (χ0) is 20.6. The van der Waals surface area contributed by atoms with E-state index in [1.54, 1.807) is 0 Å². The summed E-state index contributed by atoms with van der Waals surface area (Å²) in [6, 6.07) is 17.1. The van der Waals surface area contributed by atoms with Gasteiger partial charge in [-0.15, -0.1) is 12.4 Å².